The lowest BCUT2D eigenvalue weighted by molar-refractivity contribution is -0.302. The van der Waals surface area contributed by atoms with E-state index in [0.717, 1.165) is 44.9 Å². The van der Waals surface area contributed by atoms with Crippen LogP contribution in [0.25, 0.3) is 0 Å². The molecule has 0 radical (unpaired) electrons. The van der Waals surface area contributed by atoms with Crippen LogP contribution in [0.2, 0.25) is 0 Å². The number of ether oxygens (including phenoxy) is 2. The topological polar surface area (TPSA) is 169 Å². The second kappa shape index (κ2) is 41.1. The molecular weight excluding hydrogens is 771 g/mol. The molecule has 61 heavy (non-hydrogen) atoms. The van der Waals surface area contributed by atoms with Gasteiger partial charge in [0.15, 0.2) is 6.29 Å². The van der Waals surface area contributed by atoms with Gasteiger partial charge in [-0.2, -0.15) is 0 Å². The van der Waals surface area contributed by atoms with Crippen molar-refractivity contribution in [1.29, 1.82) is 0 Å². The van der Waals surface area contributed by atoms with E-state index in [4.69, 9.17) is 9.47 Å². The van der Waals surface area contributed by atoms with Crippen LogP contribution in [0.4, 0.5) is 0 Å². The van der Waals surface area contributed by atoms with Gasteiger partial charge in [-0.1, -0.05) is 211 Å². The van der Waals surface area contributed by atoms with Gasteiger partial charge >= 0.3 is 0 Å². The van der Waals surface area contributed by atoms with E-state index in [2.05, 4.69) is 43.5 Å². The first-order chi connectivity index (χ1) is 29.8. The minimum atomic E-state index is -1.62. The molecule has 0 aromatic rings. The molecule has 0 saturated carbocycles. The van der Waals surface area contributed by atoms with Gasteiger partial charge in [-0.05, 0) is 44.9 Å². The summed E-state index contributed by atoms with van der Waals surface area (Å²) in [4.78, 5) is 13.1. The van der Waals surface area contributed by atoms with Crippen molar-refractivity contribution in [3.63, 3.8) is 0 Å². The summed E-state index contributed by atoms with van der Waals surface area (Å²) in [7, 11) is 0. The maximum atomic E-state index is 13.1. The zero-order chi connectivity index (χ0) is 44.6. The molecule has 0 aromatic carbocycles. The van der Waals surface area contributed by atoms with Crippen molar-refractivity contribution in [2.75, 3.05) is 13.2 Å². The van der Waals surface area contributed by atoms with Crippen LogP contribution < -0.4 is 5.32 Å². The van der Waals surface area contributed by atoms with E-state index in [1.54, 1.807) is 6.08 Å². The molecule has 1 heterocycles. The van der Waals surface area contributed by atoms with Crippen LogP contribution in [-0.2, 0) is 14.3 Å². The number of hydrogen-bond donors (Lipinski definition) is 7. The van der Waals surface area contributed by atoms with Gasteiger partial charge < -0.3 is 45.4 Å². The summed E-state index contributed by atoms with van der Waals surface area (Å²) in [6.45, 7) is 3.57. The molecule has 1 rings (SSSR count). The normalized spacial score (nSPS) is 21.2. The highest BCUT2D eigenvalue weighted by molar-refractivity contribution is 5.80. The summed E-state index contributed by atoms with van der Waals surface area (Å²) in [5.74, 6) is -0.628. The number of carbonyl (C=O) groups excluding carboxylic acids is 1. The lowest BCUT2D eigenvalue weighted by Gasteiger charge is -2.40. The molecule has 1 fully saturated rings. The zero-order valence-electron chi connectivity index (χ0n) is 39.0. The zero-order valence-corrected chi connectivity index (χ0v) is 39.0. The lowest BCUT2D eigenvalue weighted by atomic mass is 9.99. The fourth-order valence-corrected chi connectivity index (χ4v) is 7.90. The highest BCUT2D eigenvalue weighted by atomic mass is 16.7. The Bertz CT molecular complexity index is 1070. The largest absolute Gasteiger partial charge is 0.394 e. The third-order valence-corrected chi connectivity index (χ3v) is 12.1. The monoisotopic (exact) mass is 866 g/mol. The van der Waals surface area contributed by atoms with E-state index < -0.39 is 61.5 Å². The van der Waals surface area contributed by atoms with E-state index in [1.807, 2.05) is 6.08 Å². The fourth-order valence-electron chi connectivity index (χ4n) is 7.90. The number of carbonyl (C=O) groups is 1. The van der Waals surface area contributed by atoms with Crippen LogP contribution >= 0.6 is 0 Å². The molecule has 10 nitrogen and oxygen atoms in total. The summed E-state index contributed by atoms with van der Waals surface area (Å²) in [5, 5.41) is 64.7. The summed E-state index contributed by atoms with van der Waals surface area (Å²) in [6, 6.07) is -1.00. The number of amides is 1. The Morgan fingerprint density at radius 2 is 0.967 bits per heavy atom. The van der Waals surface area contributed by atoms with Gasteiger partial charge in [-0.3, -0.25) is 4.79 Å². The van der Waals surface area contributed by atoms with Crippen LogP contribution in [0.5, 0.6) is 0 Å². The maximum Gasteiger partial charge on any atom is 0.249 e. The number of allylic oxidation sites excluding steroid dienone is 5. The molecule has 1 saturated heterocycles. The van der Waals surface area contributed by atoms with Gasteiger partial charge in [0.25, 0.3) is 0 Å². The average molecular weight is 866 g/mol. The van der Waals surface area contributed by atoms with Crippen LogP contribution in [0.15, 0.2) is 36.5 Å². The number of nitrogens with one attached hydrogen (secondary N) is 1. The Kier molecular flexibility index (Phi) is 38.7. The number of aliphatic hydroxyl groups is 6. The van der Waals surface area contributed by atoms with E-state index in [1.165, 1.54) is 141 Å². The number of aliphatic hydroxyl groups excluding tert-OH is 6. The third-order valence-electron chi connectivity index (χ3n) is 12.1. The molecule has 1 amide bonds. The minimum absolute atomic E-state index is 0.304. The van der Waals surface area contributed by atoms with E-state index in [9.17, 15) is 35.4 Å². The van der Waals surface area contributed by atoms with Crippen molar-refractivity contribution < 1.29 is 44.9 Å². The first kappa shape index (κ1) is 57.4. The van der Waals surface area contributed by atoms with Gasteiger partial charge in [0.2, 0.25) is 5.91 Å². The molecule has 0 spiro atoms. The first-order valence-electron chi connectivity index (χ1n) is 25.3. The van der Waals surface area contributed by atoms with E-state index >= 15 is 0 Å². The second-order valence-electron chi connectivity index (χ2n) is 17.7. The summed E-state index contributed by atoms with van der Waals surface area (Å²) >= 11 is 0. The molecule has 0 aromatic heterocycles. The van der Waals surface area contributed by atoms with Crippen molar-refractivity contribution in [1.82, 2.24) is 5.32 Å². The molecule has 0 bridgehead atoms. The van der Waals surface area contributed by atoms with E-state index in [0.29, 0.717) is 19.3 Å². The molecule has 8 unspecified atom stereocenters. The predicted octanol–water partition coefficient (Wildman–Crippen LogP) is 10.2. The van der Waals surface area contributed by atoms with Crippen LogP contribution in [-0.4, -0.2) is 98.7 Å². The van der Waals surface area contributed by atoms with Gasteiger partial charge in [0, 0.05) is 0 Å². The van der Waals surface area contributed by atoms with Gasteiger partial charge in [-0.15, -0.1) is 0 Å². The highest BCUT2D eigenvalue weighted by Gasteiger charge is 2.44. The quantitative estimate of drug-likeness (QED) is 0.0233. The maximum absolute atomic E-state index is 13.1. The molecule has 8 atom stereocenters. The Balaban J connectivity index is 2.34. The van der Waals surface area contributed by atoms with E-state index in [-0.39, 0.29) is 6.61 Å². The lowest BCUT2D eigenvalue weighted by Crippen LogP contribution is -2.60. The van der Waals surface area contributed by atoms with Crippen LogP contribution in [0, 0.1) is 0 Å². The molecule has 10 heteroatoms. The van der Waals surface area contributed by atoms with Crippen molar-refractivity contribution >= 4 is 5.91 Å². The number of unbranched alkanes of at least 4 members (excludes halogenated alkanes) is 27. The standard InChI is InChI=1S/C51H95NO9/c1-3-5-7-9-11-13-15-17-19-20-21-22-23-24-25-26-28-30-32-34-36-38-40-45(55)50(59)52-43(42-60-51-49(58)48(57)47(56)46(41-53)61-51)44(54)39-37-35-33-31-29-27-18-16-14-12-10-8-6-4-2/h14,16,29,31,37,39,43-49,51,53-58H,3-13,15,17-28,30,32-36,38,40-42H2,1-2H3,(H,52,59)/b16-14+,31-29+,39-37+. The second-order valence-corrected chi connectivity index (χ2v) is 17.7. The smallest absolute Gasteiger partial charge is 0.249 e. The van der Waals surface area contributed by atoms with Crippen molar-refractivity contribution in [3.8, 4) is 0 Å². The predicted molar refractivity (Wildman–Crippen MR) is 250 cm³/mol. The Labute approximate surface area is 373 Å². The molecule has 7 N–H and O–H groups in total. The average Bonchev–Trinajstić information content (AvgIpc) is 3.26. The number of hydrogen-bond acceptors (Lipinski definition) is 9. The third kappa shape index (κ3) is 31.0. The van der Waals surface area contributed by atoms with Crippen molar-refractivity contribution in [2.45, 2.75) is 268 Å². The molecular formula is C51H95NO9. The Morgan fingerprint density at radius 1 is 0.557 bits per heavy atom. The fraction of sp³-hybridized carbons (Fsp3) is 0.863. The molecule has 0 aliphatic carbocycles. The summed E-state index contributed by atoms with van der Waals surface area (Å²) < 4.78 is 11.1. The summed E-state index contributed by atoms with van der Waals surface area (Å²) in [5.41, 5.74) is 0. The van der Waals surface area contributed by atoms with Gasteiger partial charge in [-0.25, -0.2) is 0 Å². The first-order valence-corrected chi connectivity index (χ1v) is 25.3. The van der Waals surface area contributed by atoms with Crippen molar-refractivity contribution in [2.24, 2.45) is 0 Å². The molecule has 358 valence electrons. The Morgan fingerprint density at radius 3 is 1.43 bits per heavy atom. The summed E-state index contributed by atoms with van der Waals surface area (Å²) in [6.07, 6.45) is 41.0. The van der Waals surface area contributed by atoms with Crippen molar-refractivity contribution in [3.05, 3.63) is 36.5 Å². The SMILES string of the molecule is CCCCCC/C=C/CC/C=C/CC/C=C/C(O)C(COC1OC(CO)C(O)C(O)C1O)NC(=O)C(O)CCCCCCCCCCCCCCCCCCCCCCCC. The van der Waals surface area contributed by atoms with Gasteiger partial charge in [0.05, 0.1) is 25.4 Å². The van der Waals surface area contributed by atoms with Crippen LogP contribution in [0.1, 0.15) is 219 Å². The molecule has 1 aliphatic heterocycles. The van der Waals surface area contributed by atoms with Gasteiger partial charge in [0.1, 0.15) is 30.5 Å². The molecule has 1 aliphatic rings. The highest BCUT2D eigenvalue weighted by Crippen LogP contribution is 2.23. The minimum Gasteiger partial charge on any atom is -0.394 e. The Hall–Kier alpha value is -1.63. The van der Waals surface area contributed by atoms with Crippen LogP contribution in [0.3, 0.4) is 0 Å². The number of rotatable bonds is 42.